The van der Waals surface area contributed by atoms with Gasteiger partial charge in [0.2, 0.25) is 5.88 Å². The third-order valence-corrected chi connectivity index (χ3v) is 4.01. The summed E-state index contributed by atoms with van der Waals surface area (Å²) in [5.41, 5.74) is 1.77. The van der Waals surface area contributed by atoms with Gasteiger partial charge in [-0.1, -0.05) is 12.1 Å². The first-order valence-electron chi connectivity index (χ1n) is 8.80. The maximum atomic E-state index is 12.2. The SMILES string of the molecule is COc1ccccc1OCC(=O)Nc1ccc(Oc2ncccc2C#N)cc1C. The Labute approximate surface area is 168 Å². The Morgan fingerprint density at radius 3 is 2.66 bits per heavy atom. The molecular weight excluding hydrogens is 370 g/mol. The van der Waals surface area contributed by atoms with E-state index >= 15 is 0 Å². The summed E-state index contributed by atoms with van der Waals surface area (Å²) in [7, 11) is 1.54. The van der Waals surface area contributed by atoms with E-state index in [2.05, 4.69) is 10.3 Å². The lowest BCUT2D eigenvalue weighted by Gasteiger charge is -2.13. The largest absolute Gasteiger partial charge is 0.493 e. The van der Waals surface area contributed by atoms with Gasteiger partial charge in [0.25, 0.3) is 5.91 Å². The molecule has 0 aliphatic carbocycles. The molecule has 29 heavy (non-hydrogen) atoms. The van der Waals surface area contributed by atoms with Crippen LogP contribution in [0.1, 0.15) is 11.1 Å². The number of carbonyl (C=O) groups is 1. The van der Waals surface area contributed by atoms with Crippen LogP contribution in [-0.2, 0) is 4.79 Å². The third kappa shape index (κ3) is 5.02. The fraction of sp³-hybridized carbons (Fsp3) is 0.136. The Morgan fingerprint density at radius 2 is 1.93 bits per heavy atom. The number of rotatable bonds is 7. The molecule has 2 aromatic carbocycles. The van der Waals surface area contributed by atoms with Crippen LogP contribution in [-0.4, -0.2) is 24.6 Å². The monoisotopic (exact) mass is 389 g/mol. The van der Waals surface area contributed by atoms with Gasteiger partial charge in [-0.05, 0) is 55.0 Å². The average Bonchev–Trinajstić information content (AvgIpc) is 2.74. The van der Waals surface area contributed by atoms with E-state index in [1.165, 1.54) is 0 Å². The summed E-state index contributed by atoms with van der Waals surface area (Å²) in [6.45, 7) is 1.69. The molecule has 0 saturated heterocycles. The Balaban J connectivity index is 1.63. The van der Waals surface area contributed by atoms with Gasteiger partial charge in [-0.3, -0.25) is 4.79 Å². The molecule has 0 bridgehead atoms. The zero-order chi connectivity index (χ0) is 20.6. The van der Waals surface area contributed by atoms with Crippen molar-refractivity contribution in [1.29, 1.82) is 5.26 Å². The highest BCUT2D eigenvalue weighted by Gasteiger charge is 2.10. The number of pyridine rings is 1. The second kappa shape index (κ2) is 9.24. The van der Waals surface area contributed by atoms with Crippen LogP contribution >= 0.6 is 0 Å². The maximum Gasteiger partial charge on any atom is 0.262 e. The zero-order valence-corrected chi connectivity index (χ0v) is 16.0. The smallest absolute Gasteiger partial charge is 0.262 e. The minimum Gasteiger partial charge on any atom is -0.493 e. The minimum atomic E-state index is -0.302. The first kappa shape index (κ1) is 19.7. The predicted octanol–water partition coefficient (Wildman–Crippen LogP) is 4.08. The summed E-state index contributed by atoms with van der Waals surface area (Å²) in [6.07, 6.45) is 1.55. The number of nitriles is 1. The van der Waals surface area contributed by atoms with E-state index in [4.69, 9.17) is 19.5 Å². The summed E-state index contributed by atoms with van der Waals surface area (Å²) >= 11 is 0. The number of hydrogen-bond acceptors (Lipinski definition) is 6. The molecule has 0 saturated carbocycles. The Morgan fingerprint density at radius 1 is 1.14 bits per heavy atom. The van der Waals surface area contributed by atoms with Crippen molar-refractivity contribution in [2.45, 2.75) is 6.92 Å². The van der Waals surface area contributed by atoms with Crippen molar-refractivity contribution < 1.29 is 19.0 Å². The van der Waals surface area contributed by atoms with Crippen LogP contribution in [0.5, 0.6) is 23.1 Å². The number of nitrogens with one attached hydrogen (secondary N) is 1. The molecule has 0 unspecified atom stereocenters. The molecule has 0 aliphatic rings. The molecule has 1 aromatic heterocycles. The van der Waals surface area contributed by atoms with E-state index < -0.39 is 0 Å². The second-order valence-corrected chi connectivity index (χ2v) is 6.03. The van der Waals surface area contributed by atoms with Gasteiger partial charge >= 0.3 is 0 Å². The van der Waals surface area contributed by atoms with Crippen molar-refractivity contribution in [3.05, 3.63) is 71.9 Å². The fourth-order valence-electron chi connectivity index (χ4n) is 2.58. The molecule has 0 radical (unpaired) electrons. The number of nitrogens with zero attached hydrogens (tertiary/aromatic N) is 2. The van der Waals surface area contributed by atoms with Crippen molar-refractivity contribution in [2.24, 2.45) is 0 Å². The number of ether oxygens (including phenoxy) is 3. The third-order valence-electron chi connectivity index (χ3n) is 4.01. The number of anilines is 1. The van der Waals surface area contributed by atoms with E-state index in [1.807, 2.05) is 19.1 Å². The van der Waals surface area contributed by atoms with Gasteiger partial charge in [-0.15, -0.1) is 0 Å². The van der Waals surface area contributed by atoms with Gasteiger partial charge in [0.15, 0.2) is 18.1 Å². The summed E-state index contributed by atoms with van der Waals surface area (Å²) < 4.78 is 16.4. The van der Waals surface area contributed by atoms with Crippen LogP contribution in [0.25, 0.3) is 0 Å². The quantitative estimate of drug-likeness (QED) is 0.654. The Bertz CT molecular complexity index is 1060. The first-order chi connectivity index (χ1) is 14.1. The van der Waals surface area contributed by atoms with Crippen LogP contribution in [0.15, 0.2) is 60.8 Å². The molecule has 1 amide bonds. The lowest BCUT2D eigenvalue weighted by Crippen LogP contribution is -2.20. The highest BCUT2D eigenvalue weighted by atomic mass is 16.5. The van der Waals surface area contributed by atoms with Crippen LogP contribution < -0.4 is 19.5 Å². The number of hydrogen-bond donors (Lipinski definition) is 1. The number of para-hydroxylation sites is 2. The van der Waals surface area contributed by atoms with Gasteiger partial charge in [-0.2, -0.15) is 5.26 Å². The number of methoxy groups -OCH3 is 1. The molecule has 1 N–H and O–H groups in total. The molecule has 3 rings (SSSR count). The molecular formula is C22H19N3O4. The predicted molar refractivity (Wildman–Crippen MR) is 107 cm³/mol. The molecule has 0 atom stereocenters. The Kier molecular flexibility index (Phi) is 6.28. The molecule has 7 nitrogen and oxygen atoms in total. The summed E-state index contributed by atoms with van der Waals surface area (Å²) in [5.74, 6) is 1.50. The van der Waals surface area contributed by atoms with E-state index in [1.54, 1.807) is 61.8 Å². The van der Waals surface area contributed by atoms with Gasteiger partial charge in [-0.25, -0.2) is 4.98 Å². The standard InChI is InChI=1S/C22H19N3O4/c1-15-12-17(29-22-16(13-23)6-5-11-24-22)9-10-18(15)25-21(26)14-28-20-8-4-3-7-19(20)27-2/h3-12H,14H2,1-2H3,(H,25,26). The first-order valence-corrected chi connectivity index (χ1v) is 8.80. The van der Waals surface area contributed by atoms with E-state index in [0.29, 0.717) is 28.5 Å². The van der Waals surface area contributed by atoms with E-state index in [9.17, 15) is 4.79 Å². The summed E-state index contributed by atoms with van der Waals surface area (Å²) in [4.78, 5) is 16.3. The lowest BCUT2D eigenvalue weighted by atomic mass is 10.2. The topological polar surface area (TPSA) is 93.5 Å². The number of carbonyl (C=O) groups excluding carboxylic acids is 1. The second-order valence-electron chi connectivity index (χ2n) is 6.03. The average molecular weight is 389 g/mol. The van der Waals surface area contributed by atoms with Gasteiger partial charge in [0, 0.05) is 11.9 Å². The Hall–Kier alpha value is -4.05. The van der Waals surface area contributed by atoms with Crippen molar-refractivity contribution in [3.63, 3.8) is 0 Å². The number of amides is 1. The number of benzene rings is 2. The minimum absolute atomic E-state index is 0.155. The number of aryl methyl sites for hydroxylation is 1. The summed E-state index contributed by atoms with van der Waals surface area (Å²) in [5, 5.41) is 11.9. The van der Waals surface area contributed by atoms with Crippen molar-refractivity contribution in [1.82, 2.24) is 4.98 Å². The number of aromatic nitrogens is 1. The molecule has 1 heterocycles. The van der Waals surface area contributed by atoms with E-state index in [0.717, 1.165) is 5.56 Å². The van der Waals surface area contributed by atoms with Crippen molar-refractivity contribution in [2.75, 3.05) is 19.0 Å². The van der Waals surface area contributed by atoms with Crippen LogP contribution in [0, 0.1) is 18.3 Å². The lowest BCUT2D eigenvalue weighted by molar-refractivity contribution is -0.118. The van der Waals surface area contributed by atoms with E-state index in [-0.39, 0.29) is 18.4 Å². The molecule has 0 fully saturated rings. The van der Waals surface area contributed by atoms with Crippen molar-refractivity contribution in [3.8, 4) is 29.2 Å². The van der Waals surface area contributed by atoms with Crippen LogP contribution in [0.3, 0.4) is 0 Å². The highest BCUT2D eigenvalue weighted by Crippen LogP contribution is 2.27. The molecule has 0 spiro atoms. The maximum absolute atomic E-state index is 12.2. The fourth-order valence-corrected chi connectivity index (χ4v) is 2.58. The molecule has 146 valence electrons. The van der Waals surface area contributed by atoms with Crippen LogP contribution in [0.4, 0.5) is 5.69 Å². The molecule has 0 aliphatic heterocycles. The highest BCUT2D eigenvalue weighted by molar-refractivity contribution is 5.92. The van der Waals surface area contributed by atoms with Gasteiger partial charge < -0.3 is 19.5 Å². The van der Waals surface area contributed by atoms with Crippen molar-refractivity contribution >= 4 is 11.6 Å². The van der Waals surface area contributed by atoms with Gasteiger partial charge in [0.1, 0.15) is 17.4 Å². The zero-order valence-electron chi connectivity index (χ0n) is 16.0. The normalized spacial score (nSPS) is 9.97. The molecule has 7 heteroatoms. The summed E-state index contributed by atoms with van der Waals surface area (Å²) in [6, 6.07) is 17.6. The molecule has 3 aromatic rings. The van der Waals surface area contributed by atoms with Crippen LogP contribution in [0.2, 0.25) is 0 Å². The van der Waals surface area contributed by atoms with Gasteiger partial charge in [0.05, 0.1) is 7.11 Å².